The summed E-state index contributed by atoms with van der Waals surface area (Å²) in [6.45, 7) is 8.50. The highest BCUT2D eigenvalue weighted by atomic mass is 16.6. The van der Waals surface area contributed by atoms with Gasteiger partial charge in [-0.2, -0.15) is 0 Å². The van der Waals surface area contributed by atoms with E-state index in [1.165, 1.54) is 0 Å². The lowest BCUT2D eigenvalue weighted by Gasteiger charge is -2.31. The third-order valence-corrected chi connectivity index (χ3v) is 3.35. The van der Waals surface area contributed by atoms with Crippen LogP contribution in [0.15, 0.2) is 18.2 Å². The first-order valence-electron chi connectivity index (χ1n) is 6.17. The number of rotatable bonds is 4. The van der Waals surface area contributed by atoms with Crippen molar-refractivity contribution in [1.82, 2.24) is 5.32 Å². The van der Waals surface area contributed by atoms with E-state index in [1.54, 1.807) is 12.1 Å². The van der Waals surface area contributed by atoms with Gasteiger partial charge in [0.15, 0.2) is 0 Å². The Morgan fingerprint density at radius 1 is 1.39 bits per heavy atom. The van der Waals surface area contributed by atoms with Gasteiger partial charge in [-0.3, -0.25) is 10.1 Å². The van der Waals surface area contributed by atoms with Crippen LogP contribution in [-0.4, -0.2) is 18.0 Å². The zero-order valence-corrected chi connectivity index (χ0v) is 11.8. The molecule has 4 nitrogen and oxygen atoms in total. The molecule has 0 spiro atoms. The van der Waals surface area contributed by atoms with Gasteiger partial charge in [-0.05, 0) is 36.9 Å². The Morgan fingerprint density at radius 3 is 2.39 bits per heavy atom. The van der Waals surface area contributed by atoms with Crippen molar-refractivity contribution in [2.75, 3.05) is 7.05 Å². The van der Waals surface area contributed by atoms with Crippen LogP contribution in [0.1, 0.15) is 31.9 Å². The van der Waals surface area contributed by atoms with E-state index in [1.807, 2.05) is 20.0 Å². The molecule has 1 unspecified atom stereocenters. The Balaban J connectivity index is 2.95. The van der Waals surface area contributed by atoms with Crippen LogP contribution in [0.5, 0.6) is 0 Å². The minimum atomic E-state index is -0.351. The van der Waals surface area contributed by atoms with Gasteiger partial charge >= 0.3 is 0 Å². The number of hydrogen-bond donors (Lipinski definition) is 1. The molecule has 0 saturated heterocycles. The highest BCUT2D eigenvalue weighted by Crippen LogP contribution is 2.25. The number of nitrogens with one attached hydrogen (secondary N) is 1. The van der Waals surface area contributed by atoms with Crippen molar-refractivity contribution < 1.29 is 4.92 Å². The average Bonchev–Trinajstić information content (AvgIpc) is 2.25. The summed E-state index contributed by atoms with van der Waals surface area (Å²) in [7, 11) is 1.96. The maximum atomic E-state index is 10.7. The van der Waals surface area contributed by atoms with Crippen molar-refractivity contribution in [3.8, 4) is 0 Å². The van der Waals surface area contributed by atoms with E-state index in [2.05, 4.69) is 26.1 Å². The summed E-state index contributed by atoms with van der Waals surface area (Å²) in [5.74, 6) is 0. The number of non-ortho nitro benzene ring substituents is 1. The van der Waals surface area contributed by atoms with Crippen LogP contribution < -0.4 is 5.32 Å². The second-order valence-corrected chi connectivity index (χ2v) is 5.78. The van der Waals surface area contributed by atoms with Gasteiger partial charge in [0, 0.05) is 18.2 Å². The first kappa shape index (κ1) is 14.6. The third kappa shape index (κ3) is 3.53. The molecular weight excluding hydrogens is 228 g/mol. The Labute approximate surface area is 109 Å². The fourth-order valence-corrected chi connectivity index (χ4v) is 2.08. The Kier molecular flexibility index (Phi) is 4.46. The van der Waals surface area contributed by atoms with E-state index in [-0.39, 0.29) is 16.0 Å². The first-order chi connectivity index (χ1) is 8.25. The van der Waals surface area contributed by atoms with Crippen molar-refractivity contribution in [2.45, 2.75) is 40.2 Å². The zero-order chi connectivity index (χ0) is 13.9. The molecule has 1 aromatic carbocycles. The van der Waals surface area contributed by atoms with Gasteiger partial charge in [0.25, 0.3) is 5.69 Å². The zero-order valence-electron chi connectivity index (χ0n) is 11.8. The van der Waals surface area contributed by atoms with E-state index in [4.69, 9.17) is 0 Å². The molecule has 1 rings (SSSR count). The normalized spacial score (nSPS) is 13.4. The average molecular weight is 250 g/mol. The minimum Gasteiger partial charge on any atom is -0.316 e. The number of aryl methyl sites for hydroxylation is 1. The second-order valence-electron chi connectivity index (χ2n) is 5.78. The van der Waals surface area contributed by atoms with Gasteiger partial charge < -0.3 is 5.32 Å². The van der Waals surface area contributed by atoms with Gasteiger partial charge in [0.2, 0.25) is 0 Å². The predicted molar refractivity (Wildman–Crippen MR) is 73.8 cm³/mol. The molecule has 0 aliphatic rings. The first-order valence-corrected chi connectivity index (χ1v) is 6.17. The number of hydrogen-bond acceptors (Lipinski definition) is 3. The van der Waals surface area contributed by atoms with E-state index in [9.17, 15) is 10.1 Å². The highest BCUT2D eigenvalue weighted by Gasteiger charge is 2.23. The molecule has 4 heteroatoms. The molecule has 0 heterocycles. The molecular formula is C14H22N2O2. The summed E-state index contributed by atoms with van der Waals surface area (Å²) in [6, 6.07) is 5.43. The lowest BCUT2D eigenvalue weighted by Crippen LogP contribution is -2.39. The van der Waals surface area contributed by atoms with E-state index < -0.39 is 0 Å². The quantitative estimate of drug-likeness (QED) is 0.660. The van der Waals surface area contributed by atoms with Crippen LogP contribution in [0, 0.1) is 22.5 Å². The Bertz CT molecular complexity index is 436. The number of likely N-dealkylation sites (N-methyl/N-ethyl adjacent to an activating group) is 1. The molecule has 0 aromatic heterocycles. The van der Waals surface area contributed by atoms with Crippen LogP contribution >= 0.6 is 0 Å². The Hall–Kier alpha value is -1.42. The number of benzene rings is 1. The van der Waals surface area contributed by atoms with E-state index in [0.717, 1.165) is 17.5 Å². The highest BCUT2D eigenvalue weighted by molar-refractivity contribution is 5.39. The van der Waals surface area contributed by atoms with Crippen LogP contribution in [0.25, 0.3) is 0 Å². The molecule has 0 bridgehead atoms. The number of nitro groups is 1. The van der Waals surface area contributed by atoms with Crippen LogP contribution in [-0.2, 0) is 6.42 Å². The number of nitro benzene ring substituents is 1. The van der Waals surface area contributed by atoms with Crippen molar-refractivity contribution in [2.24, 2.45) is 5.41 Å². The predicted octanol–water partition coefficient (Wildman–Crippen LogP) is 3.08. The van der Waals surface area contributed by atoms with Gasteiger partial charge in [-0.15, -0.1) is 0 Å². The largest absolute Gasteiger partial charge is 0.316 e. The lowest BCUT2D eigenvalue weighted by atomic mass is 9.82. The lowest BCUT2D eigenvalue weighted by molar-refractivity contribution is -0.384. The maximum absolute atomic E-state index is 10.7. The van der Waals surface area contributed by atoms with Crippen molar-refractivity contribution in [3.63, 3.8) is 0 Å². The van der Waals surface area contributed by atoms with Crippen molar-refractivity contribution in [3.05, 3.63) is 39.4 Å². The molecule has 0 fully saturated rings. The summed E-state index contributed by atoms with van der Waals surface area (Å²) in [4.78, 5) is 10.3. The monoisotopic (exact) mass is 250 g/mol. The van der Waals surface area contributed by atoms with Gasteiger partial charge in [0.1, 0.15) is 0 Å². The Morgan fingerprint density at radius 2 is 2.00 bits per heavy atom. The van der Waals surface area contributed by atoms with Crippen LogP contribution in [0.4, 0.5) is 5.69 Å². The summed E-state index contributed by atoms with van der Waals surface area (Å²) in [5, 5.41) is 14.0. The molecule has 0 aliphatic carbocycles. The molecule has 0 radical (unpaired) electrons. The van der Waals surface area contributed by atoms with E-state index >= 15 is 0 Å². The molecule has 1 atom stereocenters. The topological polar surface area (TPSA) is 55.2 Å². The fourth-order valence-electron chi connectivity index (χ4n) is 2.08. The summed E-state index contributed by atoms with van der Waals surface area (Å²) in [6.07, 6.45) is 0.879. The maximum Gasteiger partial charge on any atom is 0.269 e. The molecule has 0 aliphatic heterocycles. The third-order valence-electron chi connectivity index (χ3n) is 3.35. The molecule has 1 N–H and O–H groups in total. The number of nitrogens with zero attached hydrogens (tertiary/aromatic N) is 1. The van der Waals surface area contributed by atoms with Gasteiger partial charge in [0.05, 0.1) is 4.92 Å². The smallest absolute Gasteiger partial charge is 0.269 e. The second kappa shape index (κ2) is 5.48. The molecule has 0 amide bonds. The SMILES string of the molecule is CNC(Cc1ccc([N+](=O)[O-])cc1C)C(C)(C)C. The summed E-state index contributed by atoms with van der Waals surface area (Å²) >= 11 is 0. The van der Waals surface area contributed by atoms with Crippen LogP contribution in [0.3, 0.4) is 0 Å². The van der Waals surface area contributed by atoms with Gasteiger partial charge in [-0.1, -0.05) is 26.8 Å². The molecule has 18 heavy (non-hydrogen) atoms. The summed E-state index contributed by atoms with van der Waals surface area (Å²) in [5.41, 5.74) is 2.46. The van der Waals surface area contributed by atoms with E-state index in [0.29, 0.717) is 6.04 Å². The standard InChI is InChI=1S/C14H22N2O2/c1-10-8-12(16(17)18)7-6-11(10)9-13(15-5)14(2,3)4/h6-8,13,15H,9H2,1-5H3. The molecule has 1 aromatic rings. The van der Waals surface area contributed by atoms with Crippen LogP contribution in [0.2, 0.25) is 0 Å². The minimum absolute atomic E-state index is 0.156. The summed E-state index contributed by atoms with van der Waals surface area (Å²) < 4.78 is 0. The van der Waals surface area contributed by atoms with Crippen molar-refractivity contribution in [1.29, 1.82) is 0 Å². The molecule has 0 saturated carbocycles. The molecule has 100 valence electrons. The van der Waals surface area contributed by atoms with Crippen molar-refractivity contribution >= 4 is 5.69 Å². The van der Waals surface area contributed by atoms with Gasteiger partial charge in [-0.25, -0.2) is 0 Å². The fraction of sp³-hybridized carbons (Fsp3) is 0.571.